The number of hydrogen-bond donors (Lipinski definition) is 1. The number of carbonyl (C=O) groups is 2. The molecule has 1 saturated heterocycles. The number of urea groups is 1. The smallest absolute Gasteiger partial charge is 0.318 e. The van der Waals surface area contributed by atoms with Crippen molar-refractivity contribution in [2.75, 3.05) is 6.54 Å². The molecule has 9 heteroatoms. The van der Waals surface area contributed by atoms with Crippen molar-refractivity contribution >= 4 is 38.0 Å². The SMILES string of the molecule is NC(=O)[N+]1(C(C(c2ccccc2)c2ccccc2)S(=O)(=O)OCc2ccc(Br)cc2)CCCCCC1=O. The Morgan fingerprint density at radius 3 is 2.00 bits per heavy atom. The Hall–Kier alpha value is -2.85. The Morgan fingerprint density at radius 1 is 0.892 bits per heavy atom. The number of imide groups is 1. The zero-order chi connectivity index (χ0) is 26.5. The van der Waals surface area contributed by atoms with E-state index in [0.717, 1.165) is 4.47 Å². The van der Waals surface area contributed by atoms with Crippen LogP contribution in [0.25, 0.3) is 0 Å². The summed E-state index contributed by atoms with van der Waals surface area (Å²) in [5.41, 5.74) is 7.89. The average Bonchev–Trinajstić information content (AvgIpc) is 3.09. The van der Waals surface area contributed by atoms with E-state index in [1.807, 2.05) is 12.1 Å². The lowest BCUT2D eigenvalue weighted by Gasteiger charge is -2.40. The van der Waals surface area contributed by atoms with Crippen molar-refractivity contribution in [1.82, 2.24) is 0 Å². The fraction of sp³-hybridized carbons (Fsp3) is 0.286. The van der Waals surface area contributed by atoms with Crippen molar-refractivity contribution < 1.29 is 26.7 Å². The molecule has 2 unspecified atom stereocenters. The molecule has 1 aliphatic heterocycles. The van der Waals surface area contributed by atoms with Gasteiger partial charge in [-0.05, 0) is 48.1 Å². The van der Waals surface area contributed by atoms with Crippen LogP contribution in [-0.4, -0.2) is 36.8 Å². The number of primary amides is 1. The first-order valence-electron chi connectivity index (χ1n) is 12.2. The minimum atomic E-state index is -4.54. The molecule has 194 valence electrons. The molecule has 0 spiro atoms. The number of rotatable bonds is 8. The molecule has 0 radical (unpaired) electrons. The molecular weight excluding hydrogens is 556 g/mol. The maximum absolute atomic E-state index is 14.2. The van der Waals surface area contributed by atoms with Gasteiger partial charge in [0.25, 0.3) is 0 Å². The third-order valence-electron chi connectivity index (χ3n) is 6.88. The van der Waals surface area contributed by atoms with Crippen molar-refractivity contribution in [2.24, 2.45) is 5.73 Å². The number of likely N-dealkylation sites (tertiary alicyclic amines) is 1. The quantitative estimate of drug-likeness (QED) is 0.279. The second kappa shape index (κ2) is 11.7. The standard InChI is InChI=1S/C28H29BrN2O5S/c29-24-17-15-21(16-18-24)20-36-37(34,35)27(31(28(30)33)19-9-3-8-14-25(31)32)26(22-10-4-1-5-11-22)23-12-6-2-7-13-23/h1-2,4-7,10-13,15-18,26-27H,3,8-9,14,19-20H2,(H-,30,33)/p+1. The fourth-order valence-corrected chi connectivity index (χ4v) is 7.17. The molecule has 1 aliphatic rings. The highest BCUT2D eigenvalue weighted by molar-refractivity contribution is 9.10. The van der Waals surface area contributed by atoms with Crippen molar-refractivity contribution in [1.29, 1.82) is 0 Å². The van der Waals surface area contributed by atoms with Gasteiger partial charge < -0.3 is 5.73 Å². The predicted octanol–water partition coefficient (Wildman–Crippen LogP) is 5.45. The van der Waals surface area contributed by atoms with Crippen molar-refractivity contribution in [3.8, 4) is 0 Å². The fourth-order valence-electron chi connectivity index (χ4n) is 5.05. The summed E-state index contributed by atoms with van der Waals surface area (Å²) < 4.78 is 33.9. The molecule has 4 rings (SSSR count). The summed E-state index contributed by atoms with van der Waals surface area (Å²) >= 11 is 3.37. The van der Waals surface area contributed by atoms with Crippen LogP contribution in [0.4, 0.5) is 4.79 Å². The first-order chi connectivity index (χ1) is 17.8. The Kier molecular flexibility index (Phi) is 8.59. The number of benzene rings is 3. The molecule has 3 amide bonds. The minimum Gasteiger partial charge on any atom is -0.318 e. The van der Waals surface area contributed by atoms with Crippen molar-refractivity contribution in [2.45, 2.75) is 43.6 Å². The number of halogens is 1. The second-order valence-corrected chi connectivity index (χ2v) is 11.8. The molecule has 2 atom stereocenters. The molecule has 3 aromatic rings. The Labute approximate surface area is 226 Å². The van der Waals surface area contributed by atoms with Crippen LogP contribution in [-0.2, 0) is 25.7 Å². The number of nitrogens with zero attached hydrogens (tertiary/aromatic N) is 1. The normalized spacial score (nSPS) is 19.4. The highest BCUT2D eigenvalue weighted by Crippen LogP contribution is 2.40. The van der Waals surface area contributed by atoms with Crippen LogP contribution >= 0.6 is 15.9 Å². The number of hydrogen-bond acceptors (Lipinski definition) is 5. The molecule has 2 N–H and O–H groups in total. The lowest BCUT2D eigenvalue weighted by atomic mass is 9.89. The molecular formula is C28H30BrN2O5S+. The van der Waals surface area contributed by atoms with Gasteiger partial charge in [0, 0.05) is 4.47 Å². The van der Waals surface area contributed by atoms with E-state index in [9.17, 15) is 18.0 Å². The van der Waals surface area contributed by atoms with Gasteiger partial charge in [-0.25, -0.2) is 9.59 Å². The molecule has 0 bridgehead atoms. The highest BCUT2D eigenvalue weighted by Gasteiger charge is 2.60. The van der Waals surface area contributed by atoms with Crippen LogP contribution in [0.15, 0.2) is 89.4 Å². The Balaban J connectivity index is 1.92. The van der Waals surface area contributed by atoms with Gasteiger partial charge in [0.15, 0.2) is 0 Å². The number of amides is 3. The number of nitrogens with two attached hydrogens (primary N) is 1. The summed E-state index contributed by atoms with van der Waals surface area (Å²) in [4.78, 5) is 26.9. The summed E-state index contributed by atoms with van der Waals surface area (Å²) in [7, 11) is -4.54. The predicted molar refractivity (Wildman–Crippen MR) is 145 cm³/mol. The first kappa shape index (κ1) is 27.2. The number of quaternary nitrogens is 1. The van der Waals surface area contributed by atoms with Crippen LogP contribution in [0.2, 0.25) is 0 Å². The minimum absolute atomic E-state index is 0.00409. The van der Waals surface area contributed by atoms with Crippen LogP contribution in [0.3, 0.4) is 0 Å². The zero-order valence-corrected chi connectivity index (χ0v) is 22.7. The third-order valence-corrected chi connectivity index (χ3v) is 9.07. The molecule has 0 aromatic heterocycles. The maximum Gasteiger partial charge on any atom is 0.422 e. The lowest BCUT2D eigenvalue weighted by molar-refractivity contribution is -0.786. The van der Waals surface area contributed by atoms with E-state index in [0.29, 0.717) is 36.0 Å². The van der Waals surface area contributed by atoms with Gasteiger partial charge in [0.05, 0.1) is 25.5 Å². The van der Waals surface area contributed by atoms with Gasteiger partial charge >= 0.3 is 22.1 Å². The molecule has 7 nitrogen and oxygen atoms in total. The molecule has 1 fully saturated rings. The second-order valence-electron chi connectivity index (χ2n) is 9.21. The van der Waals surface area contributed by atoms with Crippen LogP contribution < -0.4 is 5.73 Å². The third kappa shape index (κ3) is 5.85. The van der Waals surface area contributed by atoms with E-state index in [2.05, 4.69) is 15.9 Å². The van der Waals surface area contributed by atoms with Crippen LogP contribution in [0, 0.1) is 0 Å². The van der Waals surface area contributed by atoms with Crippen molar-refractivity contribution in [3.05, 3.63) is 106 Å². The van der Waals surface area contributed by atoms with Crippen molar-refractivity contribution in [3.63, 3.8) is 0 Å². The topological polar surface area (TPSA) is 104 Å². The Morgan fingerprint density at radius 2 is 1.46 bits per heavy atom. The molecule has 0 saturated carbocycles. The maximum atomic E-state index is 14.2. The summed E-state index contributed by atoms with van der Waals surface area (Å²) in [5.74, 6) is -1.38. The first-order valence-corrected chi connectivity index (χ1v) is 14.5. The van der Waals surface area contributed by atoms with Gasteiger partial charge in [0.1, 0.15) is 0 Å². The van der Waals surface area contributed by atoms with Gasteiger partial charge in [-0.1, -0.05) is 88.7 Å². The number of carbonyl (C=O) groups excluding carboxylic acids is 2. The molecule has 0 aliphatic carbocycles. The van der Waals surface area contributed by atoms with E-state index >= 15 is 0 Å². The Bertz CT molecular complexity index is 1290. The average molecular weight is 587 g/mol. The van der Waals surface area contributed by atoms with Gasteiger partial charge in [-0.15, -0.1) is 0 Å². The van der Waals surface area contributed by atoms with E-state index in [-0.39, 0.29) is 19.6 Å². The van der Waals surface area contributed by atoms with Gasteiger partial charge in [-0.3, -0.25) is 4.18 Å². The summed E-state index contributed by atoms with van der Waals surface area (Å²) in [6, 6.07) is 24.1. The molecule has 3 aromatic carbocycles. The monoisotopic (exact) mass is 585 g/mol. The van der Waals surface area contributed by atoms with E-state index < -0.39 is 37.8 Å². The molecule has 1 heterocycles. The summed E-state index contributed by atoms with van der Waals surface area (Å²) in [6.45, 7) is -0.245. The highest BCUT2D eigenvalue weighted by atomic mass is 79.9. The zero-order valence-electron chi connectivity index (χ0n) is 20.3. The summed E-state index contributed by atoms with van der Waals surface area (Å²) in [6.07, 6.45) is 1.83. The lowest BCUT2D eigenvalue weighted by Crippen LogP contribution is -2.68. The van der Waals surface area contributed by atoms with Crippen LogP contribution in [0.1, 0.15) is 48.3 Å². The van der Waals surface area contributed by atoms with Gasteiger partial charge in [0.2, 0.25) is 5.37 Å². The van der Waals surface area contributed by atoms with Gasteiger partial charge in [-0.2, -0.15) is 12.9 Å². The van der Waals surface area contributed by atoms with E-state index in [4.69, 9.17) is 9.92 Å². The molecule has 37 heavy (non-hydrogen) atoms. The largest absolute Gasteiger partial charge is 0.422 e. The van der Waals surface area contributed by atoms with Crippen LogP contribution in [0.5, 0.6) is 0 Å². The van der Waals surface area contributed by atoms with E-state index in [1.54, 1.807) is 72.8 Å². The van der Waals surface area contributed by atoms with E-state index in [1.165, 1.54) is 0 Å². The summed E-state index contributed by atoms with van der Waals surface area (Å²) in [5, 5.41) is -1.60.